The van der Waals surface area contributed by atoms with Crippen LogP contribution in [0.2, 0.25) is 5.02 Å². The number of hydrogen-bond acceptors (Lipinski definition) is 7. The molecular weight excluding hydrogens is 648 g/mol. The van der Waals surface area contributed by atoms with Gasteiger partial charge in [-0.3, -0.25) is 14.5 Å². The van der Waals surface area contributed by atoms with Crippen LogP contribution in [0.15, 0.2) is 59.5 Å². The van der Waals surface area contributed by atoms with Gasteiger partial charge in [0, 0.05) is 10.6 Å². The van der Waals surface area contributed by atoms with Crippen molar-refractivity contribution in [2.24, 2.45) is 0 Å². The van der Waals surface area contributed by atoms with Crippen molar-refractivity contribution in [3.05, 3.63) is 90.6 Å². The molecule has 0 saturated carbocycles. The number of methoxy groups -OCH3 is 1. The molecule has 1 saturated heterocycles. The number of hydrogen-bond donors (Lipinski definition) is 0. The Balaban J connectivity index is 1.59. The molecule has 38 heavy (non-hydrogen) atoms. The highest BCUT2D eigenvalue weighted by Gasteiger charge is 2.36. The second-order valence-electron chi connectivity index (χ2n) is 7.85. The topological polar surface area (TPSA) is 82.1 Å². The monoisotopic (exact) mass is 667 g/mol. The molecule has 4 rings (SSSR count). The lowest BCUT2D eigenvalue weighted by Gasteiger charge is -2.14. The number of carbonyl (C=O) groups is 3. The summed E-state index contributed by atoms with van der Waals surface area (Å²) in [6.07, 6.45) is 1.54. The lowest BCUT2D eigenvalue weighted by atomic mass is 10.1. The van der Waals surface area contributed by atoms with E-state index in [0.717, 1.165) is 16.7 Å². The van der Waals surface area contributed by atoms with Crippen LogP contribution in [0.3, 0.4) is 0 Å². The molecule has 3 aromatic rings. The fourth-order valence-corrected chi connectivity index (χ4v) is 5.34. The predicted octanol–water partition coefficient (Wildman–Crippen LogP) is 6.95. The molecule has 0 spiro atoms. The number of halogens is 3. The zero-order valence-electron chi connectivity index (χ0n) is 20.1. The van der Waals surface area contributed by atoms with Crippen molar-refractivity contribution in [2.45, 2.75) is 13.5 Å². The maximum Gasteiger partial charge on any atom is 0.343 e. The summed E-state index contributed by atoms with van der Waals surface area (Å²) >= 11 is 8.82. The Labute approximate surface area is 241 Å². The van der Waals surface area contributed by atoms with E-state index in [-0.39, 0.29) is 27.8 Å². The molecule has 196 valence electrons. The number of rotatable bonds is 8. The third-order valence-corrected chi connectivity index (χ3v) is 7.46. The smallest absolute Gasteiger partial charge is 0.343 e. The molecule has 1 aliphatic heterocycles. The maximum absolute atomic E-state index is 14.2. The zero-order valence-corrected chi connectivity index (χ0v) is 23.9. The number of nitrogens with zero attached hydrogens (tertiary/aromatic N) is 1. The van der Waals surface area contributed by atoms with Crippen molar-refractivity contribution in [3.63, 3.8) is 0 Å². The first kappa shape index (κ1) is 27.9. The Morgan fingerprint density at radius 2 is 1.89 bits per heavy atom. The van der Waals surface area contributed by atoms with Crippen molar-refractivity contribution < 1.29 is 33.0 Å². The average Bonchev–Trinajstić information content (AvgIpc) is 3.15. The first-order valence-electron chi connectivity index (χ1n) is 11.2. The van der Waals surface area contributed by atoms with Crippen molar-refractivity contribution >= 4 is 69.1 Å². The van der Waals surface area contributed by atoms with Gasteiger partial charge in [-0.05, 0) is 101 Å². The highest BCUT2D eigenvalue weighted by molar-refractivity contribution is 14.1. The largest absolute Gasteiger partial charge is 0.497 e. The van der Waals surface area contributed by atoms with Crippen LogP contribution in [0, 0.1) is 9.39 Å². The highest BCUT2D eigenvalue weighted by Crippen LogP contribution is 2.38. The highest BCUT2D eigenvalue weighted by atomic mass is 127. The van der Waals surface area contributed by atoms with Gasteiger partial charge in [0.15, 0.2) is 11.5 Å². The van der Waals surface area contributed by atoms with Gasteiger partial charge in [0.05, 0.1) is 34.3 Å². The van der Waals surface area contributed by atoms with Crippen LogP contribution >= 0.6 is 46.0 Å². The summed E-state index contributed by atoms with van der Waals surface area (Å²) in [4.78, 5) is 39.4. The molecule has 0 aliphatic carbocycles. The van der Waals surface area contributed by atoms with E-state index in [0.29, 0.717) is 32.8 Å². The van der Waals surface area contributed by atoms with Gasteiger partial charge in [-0.1, -0.05) is 17.7 Å². The third kappa shape index (κ3) is 6.13. The van der Waals surface area contributed by atoms with Crippen LogP contribution < -0.4 is 14.2 Å². The standard InChI is InChI=1S/C27H20ClFINO6S/c1-3-36-22-12-15(11-21(30)24(22)37-26(33)16-7-9-17(35-2)10-8-16)13-23-25(32)31(27(34)38-23)14-18-19(28)5-4-6-20(18)29/h4-13H,3,14H2,1-2H3/b23-13-. The molecule has 0 atom stereocenters. The van der Waals surface area contributed by atoms with Crippen LogP contribution in [-0.4, -0.2) is 35.7 Å². The number of carbonyl (C=O) groups excluding carboxylic acids is 3. The lowest BCUT2D eigenvalue weighted by Crippen LogP contribution is -2.28. The Morgan fingerprint density at radius 1 is 1.16 bits per heavy atom. The summed E-state index contributed by atoms with van der Waals surface area (Å²) in [6.45, 7) is 1.80. The van der Waals surface area contributed by atoms with Crippen LogP contribution in [0.5, 0.6) is 17.2 Å². The van der Waals surface area contributed by atoms with Crippen molar-refractivity contribution in [3.8, 4) is 17.2 Å². The van der Waals surface area contributed by atoms with Crippen LogP contribution in [0.4, 0.5) is 9.18 Å². The third-order valence-electron chi connectivity index (χ3n) is 5.40. The summed E-state index contributed by atoms with van der Waals surface area (Å²) in [6, 6.07) is 14.0. The molecule has 0 aromatic heterocycles. The SMILES string of the molecule is CCOc1cc(/C=C2\SC(=O)N(Cc3c(F)cccc3Cl)C2=O)cc(I)c1OC(=O)c1ccc(OC)cc1. The summed E-state index contributed by atoms with van der Waals surface area (Å²) in [5.41, 5.74) is 0.946. The van der Waals surface area contributed by atoms with E-state index in [4.69, 9.17) is 25.8 Å². The Kier molecular flexibility index (Phi) is 8.95. The summed E-state index contributed by atoms with van der Waals surface area (Å²) in [5.74, 6) is -0.611. The van der Waals surface area contributed by atoms with E-state index in [1.807, 2.05) is 22.6 Å². The minimum absolute atomic E-state index is 0.0638. The normalized spacial score (nSPS) is 14.2. The summed E-state index contributed by atoms with van der Waals surface area (Å²) < 4.78 is 31.2. The Hall–Kier alpha value is -3.09. The lowest BCUT2D eigenvalue weighted by molar-refractivity contribution is -0.123. The molecule has 0 unspecified atom stereocenters. The van der Waals surface area contributed by atoms with Gasteiger partial charge in [-0.15, -0.1) is 0 Å². The molecule has 1 heterocycles. The molecule has 1 fully saturated rings. The number of amides is 2. The number of ether oxygens (including phenoxy) is 3. The quantitative estimate of drug-likeness (QED) is 0.111. The first-order valence-corrected chi connectivity index (χ1v) is 13.5. The predicted molar refractivity (Wildman–Crippen MR) is 151 cm³/mol. The maximum atomic E-state index is 14.2. The molecule has 0 N–H and O–H groups in total. The number of imide groups is 1. The van der Waals surface area contributed by atoms with Gasteiger partial charge in [0.2, 0.25) is 0 Å². The molecule has 11 heteroatoms. The van der Waals surface area contributed by atoms with Crippen LogP contribution in [0.25, 0.3) is 6.08 Å². The van der Waals surface area contributed by atoms with E-state index in [1.54, 1.807) is 43.3 Å². The fourth-order valence-electron chi connectivity index (χ4n) is 3.54. The second-order valence-corrected chi connectivity index (χ2v) is 10.4. The van der Waals surface area contributed by atoms with Crippen molar-refractivity contribution in [2.75, 3.05) is 13.7 Å². The number of esters is 1. The second kappa shape index (κ2) is 12.2. The zero-order chi connectivity index (χ0) is 27.4. The summed E-state index contributed by atoms with van der Waals surface area (Å²) in [7, 11) is 1.53. The van der Waals surface area contributed by atoms with E-state index in [1.165, 1.54) is 31.4 Å². The van der Waals surface area contributed by atoms with Crippen molar-refractivity contribution in [1.82, 2.24) is 4.90 Å². The summed E-state index contributed by atoms with van der Waals surface area (Å²) in [5, 5.41) is -0.408. The average molecular weight is 668 g/mol. The van der Waals surface area contributed by atoms with Gasteiger partial charge < -0.3 is 14.2 Å². The molecule has 1 aliphatic rings. The minimum Gasteiger partial charge on any atom is -0.497 e. The molecule has 0 bridgehead atoms. The van der Waals surface area contributed by atoms with Gasteiger partial charge in [0.25, 0.3) is 11.1 Å². The number of thioether (sulfide) groups is 1. The van der Waals surface area contributed by atoms with E-state index in [2.05, 4.69) is 0 Å². The molecule has 0 radical (unpaired) electrons. The van der Waals surface area contributed by atoms with Crippen LogP contribution in [-0.2, 0) is 11.3 Å². The van der Waals surface area contributed by atoms with Gasteiger partial charge in [-0.25, -0.2) is 9.18 Å². The first-order chi connectivity index (χ1) is 18.2. The number of benzene rings is 3. The molecule has 2 amide bonds. The fraction of sp³-hybridized carbons (Fsp3) is 0.148. The molecule has 3 aromatic carbocycles. The van der Waals surface area contributed by atoms with Crippen LogP contribution in [0.1, 0.15) is 28.4 Å². The minimum atomic E-state index is -0.601. The molecule has 7 nitrogen and oxygen atoms in total. The molecular formula is C27H20ClFINO6S. The van der Waals surface area contributed by atoms with Gasteiger partial charge in [-0.2, -0.15) is 0 Å². The van der Waals surface area contributed by atoms with E-state index in [9.17, 15) is 18.8 Å². The van der Waals surface area contributed by atoms with E-state index < -0.39 is 22.9 Å². The van der Waals surface area contributed by atoms with E-state index >= 15 is 0 Å². The Morgan fingerprint density at radius 3 is 2.55 bits per heavy atom. The van der Waals surface area contributed by atoms with Crippen molar-refractivity contribution in [1.29, 1.82) is 0 Å². The Bertz CT molecular complexity index is 1430. The van der Waals surface area contributed by atoms with Gasteiger partial charge >= 0.3 is 5.97 Å². The van der Waals surface area contributed by atoms with Gasteiger partial charge in [0.1, 0.15) is 11.6 Å².